The number of fused-ring (bicyclic) bond motifs is 1. The van der Waals surface area contributed by atoms with E-state index in [4.69, 9.17) is 5.73 Å². The molecule has 0 aromatic carbocycles. The monoisotopic (exact) mass is 390 g/mol. The molecule has 1 saturated heterocycles. The van der Waals surface area contributed by atoms with Crippen molar-refractivity contribution >= 4 is 17.6 Å². The molecule has 2 N–H and O–H groups in total. The fourth-order valence-corrected chi connectivity index (χ4v) is 5.09. The lowest BCUT2D eigenvalue weighted by Crippen LogP contribution is -2.44. The van der Waals surface area contributed by atoms with Gasteiger partial charge in [0, 0.05) is 48.3 Å². The van der Waals surface area contributed by atoms with Crippen LogP contribution in [-0.4, -0.2) is 33.0 Å². The van der Waals surface area contributed by atoms with E-state index in [1.807, 2.05) is 36.8 Å². The Morgan fingerprint density at radius 2 is 1.82 bits per heavy atom. The summed E-state index contributed by atoms with van der Waals surface area (Å²) in [6.45, 7) is 1.90. The highest BCUT2D eigenvalue weighted by molar-refractivity contribution is 7.99. The lowest BCUT2D eigenvalue weighted by Gasteiger charge is -2.42. The van der Waals surface area contributed by atoms with Gasteiger partial charge in [-0.1, -0.05) is 17.8 Å². The van der Waals surface area contributed by atoms with Gasteiger partial charge in [0.15, 0.2) is 0 Å². The van der Waals surface area contributed by atoms with Crippen molar-refractivity contribution in [3.63, 3.8) is 0 Å². The third-order valence-corrected chi connectivity index (χ3v) is 6.94. The number of aromatic nitrogens is 4. The minimum atomic E-state index is 0.0866. The Bertz CT molecular complexity index is 954. The third-order valence-electron chi connectivity index (χ3n) is 6.01. The highest BCUT2D eigenvalue weighted by atomic mass is 32.2. The predicted molar refractivity (Wildman–Crippen MR) is 109 cm³/mol. The first-order valence-corrected chi connectivity index (χ1v) is 10.4. The average molecular weight is 391 g/mol. The van der Waals surface area contributed by atoms with Crippen LogP contribution in [0.15, 0.2) is 65.2 Å². The first-order valence-electron chi connectivity index (χ1n) is 9.58. The topological polar surface area (TPSA) is 80.8 Å². The zero-order chi connectivity index (χ0) is 19.0. The van der Waals surface area contributed by atoms with Crippen molar-refractivity contribution in [3.8, 4) is 0 Å². The van der Waals surface area contributed by atoms with E-state index < -0.39 is 0 Å². The largest absolute Gasteiger partial charge is 0.355 e. The van der Waals surface area contributed by atoms with E-state index in [1.54, 1.807) is 24.2 Å². The number of nitrogens with two attached hydrogens (primary N) is 1. The van der Waals surface area contributed by atoms with Crippen molar-refractivity contribution in [3.05, 3.63) is 66.5 Å². The molecular weight excluding hydrogens is 368 g/mol. The van der Waals surface area contributed by atoms with Crippen LogP contribution in [0.3, 0.4) is 0 Å². The Morgan fingerprint density at radius 1 is 1.00 bits per heavy atom. The molecule has 7 heteroatoms. The molecule has 1 spiro atoms. The molecular formula is C21H22N6S. The molecule has 0 saturated carbocycles. The molecule has 1 aliphatic heterocycles. The number of hydrogen-bond donors (Lipinski definition) is 1. The van der Waals surface area contributed by atoms with Crippen molar-refractivity contribution in [1.29, 1.82) is 0 Å². The summed E-state index contributed by atoms with van der Waals surface area (Å²) in [6, 6.07) is 8.17. The number of nitrogens with zero attached hydrogens (tertiary/aromatic N) is 5. The van der Waals surface area contributed by atoms with E-state index >= 15 is 0 Å². The minimum absolute atomic E-state index is 0.0866. The lowest BCUT2D eigenvalue weighted by atomic mass is 9.73. The van der Waals surface area contributed by atoms with Gasteiger partial charge in [-0.3, -0.25) is 9.97 Å². The lowest BCUT2D eigenvalue weighted by molar-refractivity contribution is 0.186. The maximum Gasteiger partial charge on any atom is 0.147 e. The highest BCUT2D eigenvalue weighted by Crippen LogP contribution is 2.50. The Morgan fingerprint density at radius 3 is 2.54 bits per heavy atom. The van der Waals surface area contributed by atoms with Crippen molar-refractivity contribution in [1.82, 2.24) is 19.9 Å². The first kappa shape index (κ1) is 17.6. The maximum absolute atomic E-state index is 6.64. The van der Waals surface area contributed by atoms with Crippen LogP contribution in [0.25, 0.3) is 0 Å². The van der Waals surface area contributed by atoms with E-state index in [1.165, 1.54) is 11.3 Å². The van der Waals surface area contributed by atoms with Crippen LogP contribution in [0.4, 0.5) is 5.82 Å². The molecule has 0 radical (unpaired) electrons. The van der Waals surface area contributed by atoms with E-state index in [2.05, 4.69) is 30.9 Å². The molecule has 3 aromatic rings. The molecule has 142 valence electrons. The Labute approximate surface area is 168 Å². The van der Waals surface area contributed by atoms with Gasteiger partial charge in [0.2, 0.25) is 0 Å². The van der Waals surface area contributed by atoms with Gasteiger partial charge in [-0.05, 0) is 48.4 Å². The molecule has 0 bridgehead atoms. The highest BCUT2D eigenvalue weighted by Gasteiger charge is 2.46. The standard InChI is InChI=1S/C21H22N6S/c22-20-16-2-1-7-24-17(16)12-21(20)5-10-27(11-6-21)18-13-26-19(14-25-18)28-15-3-8-23-9-4-15/h1-4,7-9,13-14,20H,5-6,10-12,22H2/t20-/m1/s1. The minimum Gasteiger partial charge on any atom is -0.355 e. The molecule has 4 heterocycles. The second-order valence-corrected chi connectivity index (χ2v) is 8.63. The van der Waals surface area contributed by atoms with E-state index in [0.717, 1.165) is 48.1 Å². The van der Waals surface area contributed by atoms with Crippen LogP contribution >= 0.6 is 11.8 Å². The summed E-state index contributed by atoms with van der Waals surface area (Å²) in [7, 11) is 0. The van der Waals surface area contributed by atoms with Gasteiger partial charge < -0.3 is 10.6 Å². The van der Waals surface area contributed by atoms with Gasteiger partial charge in [0.05, 0.1) is 12.4 Å². The summed E-state index contributed by atoms with van der Waals surface area (Å²) >= 11 is 1.60. The van der Waals surface area contributed by atoms with Gasteiger partial charge in [0.25, 0.3) is 0 Å². The normalized spacial score (nSPS) is 20.3. The second-order valence-electron chi connectivity index (χ2n) is 7.54. The third kappa shape index (κ3) is 3.14. The number of anilines is 1. The van der Waals surface area contributed by atoms with Crippen molar-refractivity contribution in [2.24, 2.45) is 11.1 Å². The molecule has 0 unspecified atom stereocenters. The number of hydrogen-bond acceptors (Lipinski definition) is 7. The van der Waals surface area contributed by atoms with Gasteiger partial charge >= 0.3 is 0 Å². The second kappa shape index (κ2) is 7.14. The smallest absolute Gasteiger partial charge is 0.147 e. The molecule has 1 aliphatic carbocycles. The zero-order valence-corrected chi connectivity index (χ0v) is 16.3. The number of pyridine rings is 2. The molecule has 3 aromatic heterocycles. The van der Waals surface area contributed by atoms with Crippen LogP contribution in [0.1, 0.15) is 30.1 Å². The van der Waals surface area contributed by atoms with E-state index in [-0.39, 0.29) is 11.5 Å². The molecule has 1 fully saturated rings. The van der Waals surface area contributed by atoms with E-state index in [9.17, 15) is 0 Å². The Balaban J connectivity index is 1.25. The number of piperidine rings is 1. The van der Waals surface area contributed by atoms with Crippen LogP contribution in [0.2, 0.25) is 0 Å². The molecule has 0 amide bonds. The Hall–Kier alpha value is -2.51. The summed E-state index contributed by atoms with van der Waals surface area (Å²) < 4.78 is 0. The predicted octanol–water partition coefficient (Wildman–Crippen LogP) is 3.26. The number of rotatable bonds is 3. The van der Waals surface area contributed by atoms with Gasteiger partial charge in [-0.15, -0.1) is 0 Å². The van der Waals surface area contributed by atoms with Gasteiger partial charge in [-0.2, -0.15) is 0 Å². The zero-order valence-electron chi connectivity index (χ0n) is 15.5. The molecule has 5 rings (SSSR count). The summed E-state index contributed by atoms with van der Waals surface area (Å²) in [5, 5.41) is 0.891. The fraction of sp³-hybridized carbons (Fsp3) is 0.333. The quantitative estimate of drug-likeness (QED) is 0.735. The van der Waals surface area contributed by atoms with Crippen molar-refractivity contribution in [2.45, 2.75) is 35.2 Å². The summed E-state index contributed by atoms with van der Waals surface area (Å²) in [6.07, 6.45) is 12.3. The fourth-order valence-electron chi connectivity index (χ4n) is 4.38. The maximum atomic E-state index is 6.64. The first-order chi connectivity index (χ1) is 13.7. The van der Waals surface area contributed by atoms with Crippen LogP contribution in [-0.2, 0) is 6.42 Å². The van der Waals surface area contributed by atoms with Crippen molar-refractivity contribution < 1.29 is 0 Å². The van der Waals surface area contributed by atoms with E-state index in [0.29, 0.717) is 0 Å². The van der Waals surface area contributed by atoms with Gasteiger partial charge in [0.1, 0.15) is 10.8 Å². The van der Waals surface area contributed by atoms with Crippen LogP contribution in [0, 0.1) is 5.41 Å². The Kier molecular flexibility index (Phi) is 4.49. The average Bonchev–Trinajstić information content (AvgIpc) is 3.02. The molecule has 28 heavy (non-hydrogen) atoms. The summed E-state index contributed by atoms with van der Waals surface area (Å²) in [5.74, 6) is 0.941. The molecule has 1 atom stereocenters. The molecule has 2 aliphatic rings. The summed E-state index contributed by atoms with van der Waals surface area (Å²) in [4.78, 5) is 21.3. The van der Waals surface area contributed by atoms with Crippen LogP contribution < -0.4 is 10.6 Å². The van der Waals surface area contributed by atoms with Crippen LogP contribution in [0.5, 0.6) is 0 Å². The summed E-state index contributed by atoms with van der Waals surface area (Å²) in [5.41, 5.74) is 9.19. The van der Waals surface area contributed by atoms with Gasteiger partial charge in [-0.25, -0.2) is 9.97 Å². The van der Waals surface area contributed by atoms with Crippen molar-refractivity contribution in [2.75, 3.05) is 18.0 Å². The molecule has 6 nitrogen and oxygen atoms in total. The SMILES string of the molecule is N[C@@H]1c2cccnc2CC12CCN(c1cnc(Sc3ccncc3)cn1)CC2.